The summed E-state index contributed by atoms with van der Waals surface area (Å²) in [5.74, 6) is -4.96. The van der Waals surface area contributed by atoms with Crippen LogP contribution >= 0.6 is 0 Å². The summed E-state index contributed by atoms with van der Waals surface area (Å²) in [5, 5.41) is 10.5. The first kappa shape index (κ1) is 25.1. The maximum atomic E-state index is 12.8. The standard InChI is InChI=1S/C29H32O8/c30-24-22(25(31)35-28(34-24)16-6-2-7-17-28)14-12-21(20-10-4-1-5-11-20)13-15-23-26(32)36-29(37-27(23)33)18-8-3-9-19-29/h1,4-5,10-12,14-15,21,30H,2-3,6-9,13,16-19H2. The van der Waals surface area contributed by atoms with Gasteiger partial charge < -0.3 is 24.1 Å². The fourth-order valence-corrected chi connectivity index (χ4v) is 5.49. The summed E-state index contributed by atoms with van der Waals surface area (Å²) >= 11 is 0. The van der Waals surface area contributed by atoms with Gasteiger partial charge in [0.15, 0.2) is 0 Å². The molecule has 2 aliphatic heterocycles. The van der Waals surface area contributed by atoms with E-state index in [4.69, 9.17) is 18.9 Å². The predicted octanol–water partition coefficient (Wildman–Crippen LogP) is 5.41. The monoisotopic (exact) mass is 508 g/mol. The second-order valence-electron chi connectivity index (χ2n) is 10.2. The minimum atomic E-state index is -1.14. The van der Waals surface area contributed by atoms with Crippen molar-refractivity contribution in [2.24, 2.45) is 0 Å². The van der Waals surface area contributed by atoms with Crippen LogP contribution in [0.4, 0.5) is 0 Å². The smallest absolute Gasteiger partial charge is 0.348 e. The summed E-state index contributed by atoms with van der Waals surface area (Å²) in [6.07, 6.45) is 12.6. The molecule has 2 saturated carbocycles. The number of carbonyl (C=O) groups excluding carboxylic acids is 3. The number of carbonyl (C=O) groups is 3. The van der Waals surface area contributed by atoms with E-state index in [9.17, 15) is 19.5 Å². The second-order valence-corrected chi connectivity index (χ2v) is 10.2. The van der Waals surface area contributed by atoms with Crippen molar-refractivity contribution in [1.82, 2.24) is 0 Å². The summed E-state index contributed by atoms with van der Waals surface area (Å²) in [6, 6.07) is 9.44. The van der Waals surface area contributed by atoms with Gasteiger partial charge in [-0.15, -0.1) is 0 Å². The van der Waals surface area contributed by atoms with Crippen molar-refractivity contribution in [1.29, 1.82) is 0 Å². The predicted molar refractivity (Wildman–Crippen MR) is 132 cm³/mol. The average molecular weight is 509 g/mol. The molecule has 0 amide bonds. The first-order valence-corrected chi connectivity index (χ1v) is 13.1. The third kappa shape index (κ3) is 5.43. The van der Waals surface area contributed by atoms with Crippen molar-refractivity contribution in [3.05, 3.63) is 71.2 Å². The van der Waals surface area contributed by atoms with Gasteiger partial charge in [0.2, 0.25) is 0 Å². The third-order valence-corrected chi connectivity index (χ3v) is 7.54. The van der Waals surface area contributed by atoms with Gasteiger partial charge in [-0.05, 0) is 43.7 Å². The van der Waals surface area contributed by atoms with Gasteiger partial charge in [0.25, 0.3) is 17.5 Å². The molecule has 8 nitrogen and oxygen atoms in total. The molecule has 1 N–H and O–H groups in total. The third-order valence-electron chi connectivity index (χ3n) is 7.54. The second kappa shape index (κ2) is 10.4. The Kier molecular flexibility index (Phi) is 7.09. The molecule has 37 heavy (non-hydrogen) atoms. The van der Waals surface area contributed by atoms with Crippen LogP contribution < -0.4 is 0 Å². The quantitative estimate of drug-likeness (QED) is 0.320. The highest BCUT2D eigenvalue weighted by atomic mass is 16.8. The van der Waals surface area contributed by atoms with Crippen LogP contribution in [-0.2, 0) is 33.3 Å². The van der Waals surface area contributed by atoms with E-state index >= 15 is 0 Å². The van der Waals surface area contributed by atoms with Crippen LogP contribution in [-0.4, -0.2) is 34.6 Å². The highest BCUT2D eigenvalue weighted by Gasteiger charge is 2.47. The largest absolute Gasteiger partial charge is 0.480 e. The highest BCUT2D eigenvalue weighted by Crippen LogP contribution is 2.39. The van der Waals surface area contributed by atoms with E-state index in [-0.39, 0.29) is 23.5 Å². The van der Waals surface area contributed by atoms with Crippen LogP contribution in [0.15, 0.2) is 65.7 Å². The van der Waals surface area contributed by atoms with Gasteiger partial charge in [-0.2, -0.15) is 0 Å². The molecule has 3 fully saturated rings. The number of ether oxygens (including phenoxy) is 4. The van der Waals surface area contributed by atoms with Crippen LogP contribution in [0.2, 0.25) is 0 Å². The Morgan fingerprint density at radius 1 is 0.757 bits per heavy atom. The zero-order valence-electron chi connectivity index (χ0n) is 20.8. The van der Waals surface area contributed by atoms with Gasteiger partial charge in [-0.3, -0.25) is 0 Å². The average Bonchev–Trinajstić information content (AvgIpc) is 2.88. The van der Waals surface area contributed by atoms with Crippen LogP contribution in [0.3, 0.4) is 0 Å². The van der Waals surface area contributed by atoms with Gasteiger partial charge in [0, 0.05) is 31.6 Å². The fourth-order valence-electron chi connectivity index (χ4n) is 5.49. The lowest BCUT2D eigenvalue weighted by Gasteiger charge is -2.38. The Balaban J connectivity index is 1.35. The molecule has 1 aromatic rings. The van der Waals surface area contributed by atoms with E-state index in [1.54, 1.807) is 6.08 Å². The van der Waals surface area contributed by atoms with Crippen molar-refractivity contribution >= 4 is 17.9 Å². The number of aliphatic hydroxyl groups is 1. The topological polar surface area (TPSA) is 108 Å². The number of allylic oxidation sites excluding steroid dienone is 2. The van der Waals surface area contributed by atoms with E-state index in [1.807, 2.05) is 30.3 Å². The van der Waals surface area contributed by atoms with Crippen LogP contribution in [0, 0.1) is 0 Å². The zero-order chi connectivity index (χ0) is 25.9. The molecule has 1 aromatic carbocycles. The molecule has 1 saturated heterocycles. The van der Waals surface area contributed by atoms with Crippen LogP contribution in [0.1, 0.15) is 82.1 Å². The lowest BCUT2D eigenvalue weighted by Crippen LogP contribution is -2.47. The molecule has 0 bridgehead atoms. The highest BCUT2D eigenvalue weighted by molar-refractivity contribution is 6.15. The van der Waals surface area contributed by atoms with Crippen LogP contribution in [0.25, 0.3) is 0 Å². The Morgan fingerprint density at radius 3 is 1.86 bits per heavy atom. The number of hydrogen-bond donors (Lipinski definition) is 1. The summed E-state index contributed by atoms with van der Waals surface area (Å²) < 4.78 is 22.5. The molecule has 1 unspecified atom stereocenters. The molecule has 2 aliphatic carbocycles. The van der Waals surface area contributed by atoms with Gasteiger partial charge in [-0.1, -0.05) is 55.3 Å². The number of benzene rings is 1. The normalized spacial score (nSPS) is 23.9. The van der Waals surface area contributed by atoms with E-state index in [0.29, 0.717) is 25.7 Å². The van der Waals surface area contributed by atoms with Crippen molar-refractivity contribution < 1.29 is 38.4 Å². The number of aliphatic hydroxyl groups excluding tert-OH is 1. The summed E-state index contributed by atoms with van der Waals surface area (Å²) in [5.41, 5.74) is 0.693. The lowest BCUT2D eigenvalue weighted by atomic mass is 9.91. The first-order valence-electron chi connectivity index (χ1n) is 13.1. The molecule has 8 heteroatoms. The molecule has 2 heterocycles. The molecule has 0 aromatic heterocycles. The van der Waals surface area contributed by atoms with E-state index in [2.05, 4.69) is 0 Å². The molecule has 2 spiro atoms. The number of rotatable bonds is 5. The lowest BCUT2D eigenvalue weighted by molar-refractivity contribution is -0.249. The van der Waals surface area contributed by atoms with Crippen molar-refractivity contribution in [2.45, 2.75) is 88.1 Å². The SMILES string of the molecule is O=C1OC2(CCCCC2)OC(=O)C1=CCC(C=CC1=C(O)OC2(CCCCC2)OC1=O)c1ccccc1. The van der Waals surface area contributed by atoms with Gasteiger partial charge in [0.05, 0.1) is 0 Å². The van der Waals surface area contributed by atoms with E-state index < -0.39 is 35.4 Å². The molecule has 196 valence electrons. The molecule has 0 radical (unpaired) electrons. The number of esters is 3. The van der Waals surface area contributed by atoms with Crippen molar-refractivity contribution in [2.75, 3.05) is 0 Å². The first-order chi connectivity index (χ1) is 17.9. The fraction of sp³-hybridized carbons (Fsp3) is 0.483. The summed E-state index contributed by atoms with van der Waals surface area (Å²) in [7, 11) is 0. The molecule has 5 rings (SSSR count). The molecule has 4 aliphatic rings. The van der Waals surface area contributed by atoms with Gasteiger partial charge in [0.1, 0.15) is 11.1 Å². The van der Waals surface area contributed by atoms with E-state index in [0.717, 1.165) is 44.1 Å². The molecular weight excluding hydrogens is 476 g/mol. The number of hydrogen-bond acceptors (Lipinski definition) is 8. The minimum absolute atomic E-state index is 0.0690. The Morgan fingerprint density at radius 2 is 1.30 bits per heavy atom. The minimum Gasteiger partial charge on any atom is -0.480 e. The Labute approximate surface area is 215 Å². The maximum absolute atomic E-state index is 12.8. The maximum Gasteiger partial charge on any atom is 0.348 e. The summed E-state index contributed by atoms with van der Waals surface area (Å²) in [4.78, 5) is 38.2. The Bertz CT molecular complexity index is 1110. The zero-order valence-corrected chi connectivity index (χ0v) is 20.8. The van der Waals surface area contributed by atoms with Gasteiger partial charge >= 0.3 is 17.9 Å². The summed E-state index contributed by atoms with van der Waals surface area (Å²) in [6.45, 7) is 0. The van der Waals surface area contributed by atoms with E-state index in [1.165, 1.54) is 12.2 Å². The van der Waals surface area contributed by atoms with Crippen molar-refractivity contribution in [3.8, 4) is 0 Å². The Hall–Kier alpha value is -3.55. The molecule has 1 atom stereocenters. The molecular formula is C29H32O8. The van der Waals surface area contributed by atoms with Crippen LogP contribution in [0.5, 0.6) is 0 Å². The van der Waals surface area contributed by atoms with Crippen molar-refractivity contribution in [3.63, 3.8) is 0 Å². The van der Waals surface area contributed by atoms with Gasteiger partial charge in [-0.25, -0.2) is 14.4 Å².